The topological polar surface area (TPSA) is 9.72 Å². The second-order valence-electron chi connectivity index (χ2n) is 24.8. The highest BCUT2D eigenvalue weighted by atomic mass is 15.3. The van der Waals surface area contributed by atoms with Crippen molar-refractivity contribution in [2.45, 2.75) is 130 Å². The first-order valence-electron chi connectivity index (χ1n) is 25.8. The van der Waals surface area contributed by atoms with Gasteiger partial charge in [-0.15, -0.1) is 0 Å². The molecule has 3 aliphatic heterocycles. The number of benzene rings is 7. The molecule has 7 aromatic carbocycles. The van der Waals surface area contributed by atoms with Gasteiger partial charge in [0.2, 0.25) is 0 Å². The van der Waals surface area contributed by atoms with Crippen LogP contribution in [-0.4, -0.2) is 12.3 Å². The third-order valence-electron chi connectivity index (χ3n) is 17.9. The molecule has 2 unspecified atom stereocenters. The lowest BCUT2D eigenvalue weighted by Gasteiger charge is -2.51. The fourth-order valence-electron chi connectivity index (χ4n) is 14.4. The fourth-order valence-corrected chi connectivity index (χ4v) is 14.4. The van der Waals surface area contributed by atoms with Crippen LogP contribution in [0, 0.1) is 10.8 Å². The number of anilines is 8. The maximum absolute atomic E-state index is 2.83. The van der Waals surface area contributed by atoms with E-state index in [9.17, 15) is 0 Å². The molecule has 1 fully saturated rings. The van der Waals surface area contributed by atoms with E-state index in [1.165, 1.54) is 126 Å². The molecule has 3 nitrogen and oxygen atoms in total. The molecule has 68 heavy (non-hydrogen) atoms. The van der Waals surface area contributed by atoms with Crippen LogP contribution in [0.4, 0.5) is 45.5 Å². The van der Waals surface area contributed by atoms with Crippen molar-refractivity contribution in [3.05, 3.63) is 173 Å². The van der Waals surface area contributed by atoms with Crippen LogP contribution in [0.2, 0.25) is 0 Å². The van der Waals surface area contributed by atoms with E-state index in [-0.39, 0.29) is 33.9 Å². The van der Waals surface area contributed by atoms with Crippen molar-refractivity contribution in [2.75, 3.05) is 14.7 Å². The van der Waals surface area contributed by atoms with Crippen molar-refractivity contribution < 1.29 is 0 Å². The van der Waals surface area contributed by atoms with Crippen LogP contribution >= 0.6 is 0 Å². The summed E-state index contributed by atoms with van der Waals surface area (Å²) in [6.07, 6.45) is 9.25. The van der Waals surface area contributed by atoms with Gasteiger partial charge in [0.15, 0.2) is 0 Å². The summed E-state index contributed by atoms with van der Waals surface area (Å²) >= 11 is 0. The molecule has 0 amide bonds. The van der Waals surface area contributed by atoms with Gasteiger partial charge in [-0.3, -0.25) is 0 Å². The Morgan fingerprint density at radius 1 is 0.456 bits per heavy atom. The van der Waals surface area contributed by atoms with Crippen molar-refractivity contribution in [1.82, 2.24) is 0 Å². The van der Waals surface area contributed by atoms with Crippen LogP contribution in [0.25, 0.3) is 11.1 Å². The van der Waals surface area contributed by atoms with E-state index in [0.29, 0.717) is 0 Å². The van der Waals surface area contributed by atoms with Gasteiger partial charge in [0.25, 0.3) is 6.71 Å². The molecule has 0 saturated heterocycles. The van der Waals surface area contributed by atoms with Crippen molar-refractivity contribution in [3.8, 4) is 11.1 Å². The SMILES string of the molecule is CC1(C)Cc2ccc(N3c4cc5c(cc4B4c6ccccc6N(c6ccccc6)c6cc(N7c8ccc(-c9ccc(C(C)(C)C)cc9)cc8C8(C)CCCCC78C)cc3c64)CC(C)(C)C5)cc2C1. The maximum Gasteiger partial charge on any atom is 0.252 e. The van der Waals surface area contributed by atoms with E-state index < -0.39 is 0 Å². The molecule has 0 bridgehead atoms. The Bertz CT molecular complexity index is 3230. The molecular formula is C64H66BN3. The molecule has 0 spiro atoms. The van der Waals surface area contributed by atoms with E-state index in [2.05, 4.69) is 217 Å². The highest BCUT2D eigenvalue weighted by Crippen LogP contribution is 2.62. The molecular weight excluding hydrogens is 822 g/mol. The third kappa shape index (κ3) is 6.10. The summed E-state index contributed by atoms with van der Waals surface area (Å²) in [5, 5.41) is 0. The summed E-state index contributed by atoms with van der Waals surface area (Å²) in [4.78, 5) is 8.14. The second kappa shape index (κ2) is 14.3. The lowest BCUT2D eigenvalue weighted by atomic mass is 9.33. The molecule has 0 N–H and O–H groups in total. The van der Waals surface area contributed by atoms with Crippen molar-refractivity contribution in [3.63, 3.8) is 0 Å². The number of nitrogens with zero attached hydrogens (tertiary/aromatic N) is 3. The van der Waals surface area contributed by atoms with E-state index >= 15 is 0 Å². The molecule has 1 saturated carbocycles. The molecule has 2 atom stereocenters. The summed E-state index contributed by atoms with van der Waals surface area (Å²) < 4.78 is 0. The maximum atomic E-state index is 2.83. The van der Waals surface area contributed by atoms with Gasteiger partial charge in [0.05, 0.1) is 5.54 Å². The third-order valence-corrected chi connectivity index (χ3v) is 17.9. The van der Waals surface area contributed by atoms with Crippen LogP contribution in [-0.2, 0) is 36.5 Å². The summed E-state index contributed by atoms with van der Waals surface area (Å²) in [6.45, 7) is 22.0. The molecule has 13 rings (SSSR count). The van der Waals surface area contributed by atoms with E-state index in [1.807, 2.05) is 0 Å². The Labute approximate surface area is 406 Å². The standard InChI is InChI=1S/C64H66BN3/c1-60(2,3)47-25-21-41(22-26-47)42-24-28-54-51(32-42)63(8)29-15-16-30-64(63,9)68(54)50-35-57-59-58(36-50)67(49-27-23-43-37-61(4,5)38-44(43)31-49)56-34-46-40-62(6,7)39-45(46)33-53(56)65(59)52-19-13-14-20-55(52)66(57)48-17-11-10-12-18-48/h10-14,17-28,31-36H,15-16,29-30,37-40H2,1-9H3. The fraction of sp³-hybridized carbons (Fsp3) is 0.344. The van der Waals surface area contributed by atoms with E-state index in [0.717, 1.165) is 32.1 Å². The first kappa shape index (κ1) is 42.1. The number of fused-ring (bicyclic) bond motifs is 9. The molecule has 7 aromatic rings. The minimum Gasteiger partial charge on any atom is -0.334 e. The quantitative estimate of drug-likeness (QED) is 0.163. The van der Waals surface area contributed by atoms with Crippen LogP contribution in [0.1, 0.15) is 121 Å². The van der Waals surface area contributed by atoms with Gasteiger partial charge >= 0.3 is 0 Å². The number of hydrogen-bond donors (Lipinski definition) is 0. The van der Waals surface area contributed by atoms with Crippen LogP contribution < -0.4 is 31.1 Å². The van der Waals surface area contributed by atoms with Gasteiger partial charge < -0.3 is 14.7 Å². The Morgan fingerprint density at radius 2 is 1.07 bits per heavy atom. The summed E-state index contributed by atoms with van der Waals surface area (Å²) in [5.41, 5.74) is 26.5. The number of rotatable bonds is 4. The first-order chi connectivity index (χ1) is 32.5. The largest absolute Gasteiger partial charge is 0.334 e. The monoisotopic (exact) mass is 888 g/mol. The highest BCUT2D eigenvalue weighted by molar-refractivity contribution is 7.00. The summed E-state index contributed by atoms with van der Waals surface area (Å²) in [7, 11) is 0. The summed E-state index contributed by atoms with van der Waals surface area (Å²) in [5.74, 6) is 0. The Balaban J connectivity index is 1.09. The van der Waals surface area contributed by atoms with Crippen LogP contribution in [0.5, 0.6) is 0 Å². The highest BCUT2D eigenvalue weighted by Gasteiger charge is 2.58. The Kier molecular flexibility index (Phi) is 8.85. The zero-order chi connectivity index (χ0) is 46.7. The molecule has 0 radical (unpaired) electrons. The predicted molar refractivity (Wildman–Crippen MR) is 290 cm³/mol. The van der Waals surface area contributed by atoms with Crippen molar-refractivity contribution in [2.24, 2.45) is 10.8 Å². The lowest BCUT2D eigenvalue weighted by Crippen LogP contribution is -2.61. The molecule has 3 aliphatic carbocycles. The van der Waals surface area contributed by atoms with Gasteiger partial charge in [0, 0.05) is 50.9 Å². The predicted octanol–water partition coefficient (Wildman–Crippen LogP) is 14.7. The molecule has 3 heterocycles. The Hall–Kier alpha value is -6.00. The van der Waals surface area contributed by atoms with E-state index in [1.54, 1.807) is 0 Å². The van der Waals surface area contributed by atoms with Crippen molar-refractivity contribution >= 4 is 68.6 Å². The molecule has 6 aliphatic rings. The number of para-hydroxylation sites is 2. The molecule has 4 heteroatoms. The van der Waals surface area contributed by atoms with Gasteiger partial charge in [-0.1, -0.05) is 147 Å². The molecule has 340 valence electrons. The minimum atomic E-state index is -0.129. The van der Waals surface area contributed by atoms with Gasteiger partial charge in [0.1, 0.15) is 0 Å². The van der Waals surface area contributed by atoms with Crippen molar-refractivity contribution in [1.29, 1.82) is 0 Å². The van der Waals surface area contributed by atoms with Gasteiger partial charge in [-0.2, -0.15) is 0 Å². The van der Waals surface area contributed by atoms with Crippen LogP contribution in [0.15, 0.2) is 140 Å². The zero-order valence-electron chi connectivity index (χ0n) is 41.9. The normalized spacial score (nSPS) is 22.2. The summed E-state index contributed by atoms with van der Waals surface area (Å²) in [6, 6.07) is 55.3. The zero-order valence-corrected chi connectivity index (χ0v) is 41.9. The molecule has 0 aromatic heterocycles. The van der Waals surface area contributed by atoms with E-state index in [4.69, 9.17) is 0 Å². The second-order valence-corrected chi connectivity index (χ2v) is 24.8. The minimum absolute atomic E-state index is 0.0320. The smallest absolute Gasteiger partial charge is 0.252 e. The average Bonchev–Trinajstić information content (AvgIpc) is 3.87. The first-order valence-corrected chi connectivity index (χ1v) is 25.8. The lowest BCUT2D eigenvalue weighted by molar-refractivity contribution is 0.195. The number of hydrogen-bond acceptors (Lipinski definition) is 3. The van der Waals surface area contributed by atoms with Gasteiger partial charge in [-0.05, 0) is 183 Å². The average molecular weight is 888 g/mol. The Morgan fingerprint density at radius 3 is 1.79 bits per heavy atom. The van der Waals surface area contributed by atoms with Gasteiger partial charge in [-0.25, -0.2) is 0 Å². The van der Waals surface area contributed by atoms with Crippen LogP contribution in [0.3, 0.4) is 0 Å².